The maximum Gasteiger partial charge on any atom is 0.257 e. The molecule has 1 fully saturated rings. The lowest BCUT2D eigenvalue weighted by molar-refractivity contribution is -0.123. The lowest BCUT2D eigenvalue weighted by atomic mass is 10.1. The summed E-state index contributed by atoms with van der Waals surface area (Å²) in [5, 5.41) is 12.6. The number of aliphatic hydroxyl groups is 1. The number of carbonyl (C=O) groups excluding carboxylic acids is 1. The molecule has 1 aromatic carbocycles. The number of benzene rings is 1. The van der Waals surface area contributed by atoms with Crippen LogP contribution >= 0.6 is 0 Å². The van der Waals surface area contributed by atoms with Crippen LogP contribution in [0.2, 0.25) is 0 Å². The van der Waals surface area contributed by atoms with Crippen LogP contribution in [0.1, 0.15) is 36.5 Å². The van der Waals surface area contributed by atoms with Crippen LogP contribution in [0.25, 0.3) is 0 Å². The third-order valence-electron chi connectivity index (χ3n) is 3.82. The normalized spacial score (nSPS) is 21.0. The summed E-state index contributed by atoms with van der Waals surface area (Å²) in [5.41, 5.74) is 2.12. The molecule has 2 aliphatic carbocycles. The maximum absolute atomic E-state index is 11.6. The van der Waals surface area contributed by atoms with Crippen molar-refractivity contribution in [1.82, 2.24) is 5.32 Å². The molecule has 102 valence electrons. The fourth-order valence-electron chi connectivity index (χ4n) is 2.44. The number of amides is 1. The van der Waals surface area contributed by atoms with Crippen molar-refractivity contribution >= 4 is 5.91 Å². The maximum atomic E-state index is 11.6. The minimum atomic E-state index is -0.342. The number of rotatable bonds is 5. The van der Waals surface area contributed by atoms with E-state index in [-0.39, 0.29) is 18.6 Å². The zero-order valence-electron chi connectivity index (χ0n) is 10.9. The van der Waals surface area contributed by atoms with Crippen molar-refractivity contribution in [3.8, 4) is 5.75 Å². The van der Waals surface area contributed by atoms with Gasteiger partial charge in [-0.3, -0.25) is 4.79 Å². The fraction of sp³-hybridized carbons (Fsp3) is 0.533. The van der Waals surface area contributed by atoms with Crippen molar-refractivity contribution in [2.45, 2.75) is 31.8 Å². The van der Waals surface area contributed by atoms with Crippen molar-refractivity contribution in [3.63, 3.8) is 0 Å². The van der Waals surface area contributed by atoms with E-state index in [1.165, 1.54) is 12.8 Å². The predicted molar refractivity (Wildman–Crippen MR) is 71.0 cm³/mol. The number of carbonyl (C=O) groups is 1. The van der Waals surface area contributed by atoms with Gasteiger partial charge in [0.1, 0.15) is 5.75 Å². The molecule has 0 unspecified atom stereocenters. The Morgan fingerprint density at radius 3 is 3.00 bits per heavy atom. The van der Waals surface area contributed by atoms with Crippen LogP contribution < -0.4 is 10.1 Å². The largest absolute Gasteiger partial charge is 0.484 e. The van der Waals surface area contributed by atoms with Gasteiger partial charge in [-0.05, 0) is 54.9 Å². The number of nitrogens with one attached hydrogen (secondary N) is 1. The van der Waals surface area contributed by atoms with Gasteiger partial charge in [-0.15, -0.1) is 0 Å². The molecule has 4 nitrogen and oxygen atoms in total. The van der Waals surface area contributed by atoms with Gasteiger partial charge in [0.05, 0.1) is 6.10 Å². The highest BCUT2D eigenvalue weighted by Gasteiger charge is 2.22. The van der Waals surface area contributed by atoms with E-state index < -0.39 is 0 Å². The monoisotopic (exact) mass is 261 g/mol. The van der Waals surface area contributed by atoms with E-state index in [9.17, 15) is 9.90 Å². The smallest absolute Gasteiger partial charge is 0.257 e. The molecule has 0 aromatic heterocycles. The molecule has 0 bridgehead atoms. The van der Waals surface area contributed by atoms with Gasteiger partial charge < -0.3 is 15.2 Å². The van der Waals surface area contributed by atoms with Crippen LogP contribution in [0.4, 0.5) is 0 Å². The second-order valence-corrected chi connectivity index (χ2v) is 5.45. The Bertz CT molecular complexity index is 482. The van der Waals surface area contributed by atoms with E-state index in [2.05, 4.69) is 5.32 Å². The molecular formula is C15H19NO3. The molecule has 1 atom stereocenters. The first kappa shape index (κ1) is 12.5. The van der Waals surface area contributed by atoms with Crippen molar-refractivity contribution < 1.29 is 14.6 Å². The Labute approximate surface area is 112 Å². The summed E-state index contributed by atoms with van der Waals surface area (Å²) < 4.78 is 5.49. The molecule has 1 amide bonds. The SMILES string of the molecule is O=C(COc1ccc2c(c1)CC[C@H]2O)NCC1CC1. The van der Waals surface area contributed by atoms with Gasteiger partial charge in [0.25, 0.3) is 5.91 Å². The third kappa shape index (κ3) is 3.07. The molecule has 2 N–H and O–H groups in total. The van der Waals surface area contributed by atoms with Crippen LogP contribution in [-0.2, 0) is 11.2 Å². The van der Waals surface area contributed by atoms with Crippen molar-refractivity contribution in [3.05, 3.63) is 29.3 Å². The van der Waals surface area contributed by atoms with Gasteiger partial charge in [0.2, 0.25) is 0 Å². The number of fused-ring (bicyclic) bond motifs is 1. The van der Waals surface area contributed by atoms with Crippen molar-refractivity contribution in [2.24, 2.45) is 5.92 Å². The summed E-state index contributed by atoms with van der Waals surface area (Å²) in [4.78, 5) is 11.6. The average Bonchev–Trinajstić information content (AvgIpc) is 3.18. The Kier molecular flexibility index (Phi) is 3.42. The summed E-state index contributed by atoms with van der Waals surface area (Å²) in [6.07, 6.45) is 3.77. The second-order valence-electron chi connectivity index (χ2n) is 5.45. The van der Waals surface area contributed by atoms with Crippen LogP contribution in [0.3, 0.4) is 0 Å². The molecule has 3 rings (SSSR count). The standard InChI is InChI=1S/C15H19NO3/c17-14-6-3-11-7-12(4-5-13(11)14)19-9-15(18)16-8-10-1-2-10/h4-5,7,10,14,17H,1-3,6,8-9H2,(H,16,18)/t14-/m1/s1. The molecular weight excluding hydrogens is 242 g/mol. The zero-order valence-corrected chi connectivity index (χ0v) is 10.9. The molecule has 0 heterocycles. The third-order valence-corrected chi connectivity index (χ3v) is 3.82. The highest BCUT2D eigenvalue weighted by molar-refractivity contribution is 5.77. The highest BCUT2D eigenvalue weighted by atomic mass is 16.5. The van der Waals surface area contributed by atoms with Gasteiger partial charge in [0, 0.05) is 6.54 Å². The number of hydrogen-bond acceptors (Lipinski definition) is 3. The van der Waals surface area contributed by atoms with Crippen molar-refractivity contribution in [2.75, 3.05) is 13.2 Å². The molecule has 4 heteroatoms. The zero-order chi connectivity index (χ0) is 13.2. The highest BCUT2D eigenvalue weighted by Crippen LogP contribution is 2.33. The van der Waals surface area contributed by atoms with Gasteiger partial charge in [-0.1, -0.05) is 6.07 Å². The Hall–Kier alpha value is -1.55. The van der Waals surface area contributed by atoms with E-state index in [0.29, 0.717) is 11.7 Å². The summed E-state index contributed by atoms with van der Waals surface area (Å²) >= 11 is 0. The summed E-state index contributed by atoms with van der Waals surface area (Å²) in [7, 11) is 0. The summed E-state index contributed by atoms with van der Waals surface area (Å²) in [6, 6.07) is 5.64. The van der Waals surface area contributed by atoms with Gasteiger partial charge in [-0.25, -0.2) is 0 Å². The average molecular weight is 261 g/mol. The number of aryl methyl sites for hydroxylation is 1. The number of hydrogen-bond donors (Lipinski definition) is 2. The molecule has 0 radical (unpaired) electrons. The van der Waals surface area contributed by atoms with Crippen LogP contribution in [-0.4, -0.2) is 24.2 Å². The minimum absolute atomic E-state index is 0.0626. The lowest BCUT2D eigenvalue weighted by Crippen LogP contribution is -2.30. The fourth-order valence-corrected chi connectivity index (χ4v) is 2.44. The Balaban J connectivity index is 1.51. The molecule has 0 spiro atoms. The van der Waals surface area contributed by atoms with Crippen LogP contribution in [0, 0.1) is 5.92 Å². The van der Waals surface area contributed by atoms with Gasteiger partial charge >= 0.3 is 0 Å². The van der Waals surface area contributed by atoms with Crippen LogP contribution in [0.5, 0.6) is 5.75 Å². The number of aliphatic hydroxyl groups excluding tert-OH is 1. The topological polar surface area (TPSA) is 58.6 Å². The molecule has 2 aliphatic rings. The lowest BCUT2D eigenvalue weighted by Gasteiger charge is -2.09. The van der Waals surface area contributed by atoms with Gasteiger partial charge in [-0.2, -0.15) is 0 Å². The predicted octanol–water partition coefficient (Wildman–Crippen LogP) is 1.57. The van der Waals surface area contributed by atoms with E-state index >= 15 is 0 Å². The summed E-state index contributed by atoms with van der Waals surface area (Å²) in [5.74, 6) is 1.33. The summed E-state index contributed by atoms with van der Waals surface area (Å²) in [6.45, 7) is 0.840. The second kappa shape index (κ2) is 5.21. The molecule has 0 saturated heterocycles. The quantitative estimate of drug-likeness (QED) is 0.846. The first-order chi connectivity index (χ1) is 9.22. The van der Waals surface area contributed by atoms with E-state index in [0.717, 1.165) is 30.5 Å². The molecule has 1 aromatic rings. The van der Waals surface area contributed by atoms with Crippen molar-refractivity contribution in [1.29, 1.82) is 0 Å². The first-order valence-electron chi connectivity index (χ1n) is 6.93. The Morgan fingerprint density at radius 2 is 2.21 bits per heavy atom. The van der Waals surface area contributed by atoms with E-state index in [4.69, 9.17) is 4.74 Å². The molecule has 1 saturated carbocycles. The van der Waals surface area contributed by atoms with E-state index in [1.54, 1.807) is 0 Å². The van der Waals surface area contributed by atoms with Crippen LogP contribution in [0.15, 0.2) is 18.2 Å². The van der Waals surface area contributed by atoms with E-state index in [1.807, 2.05) is 18.2 Å². The first-order valence-corrected chi connectivity index (χ1v) is 6.93. The number of ether oxygens (including phenoxy) is 1. The minimum Gasteiger partial charge on any atom is -0.484 e. The Morgan fingerprint density at radius 1 is 1.37 bits per heavy atom. The molecule has 19 heavy (non-hydrogen) atoms. The van der Waals surface area contributed by atoms with Gasteiger partial charge in [0.15, 0.2) is 6.61 Å². The molecule has 0 aliphatic heterocycles.